The summed E-state index contributed by atoms with van der Waals surface area (Å²) in [6.07, 6.45) is 42.4. The lowest BCUT2D eigenvalue weighted by Gasteiger charge is -2.02. The van der Waals surface area contributed by atoms with Crippen LogP contribution in [0.4, 0.5) is 0 Å². The lowest BCUT2D eigenvalue weighted by Crippen LogP contribution is -2.00. The lowest BCUT2D eigenvalue weighted by molar-refractivity contribution is -0.141. The minimum Gasteiger partial charge on any atom is -0.481 e. The van der Waals surface area contributed by atoms with Crippen LogP contribution in [0.5, 0.6) is 0 Å². The number of esters is 1. The highest BCUT2D eigenvalue weighted by Crippen LogP contribution is 2.11. The number of carbonyl (C=O) groups is 2. The third-order valence-corrected chi connectivity index (χ3v) is 6.78. The third-order valence-electron chi connectivity index (χ3n) is 6.78. The van der Waals surface area contributed by atoms with Gasteiger partial charge in [0.1, 0.15) is 0 Å². The normalized spacial score (nSPS) is 11.4. The van der Waals surface area contributed by atoms with Crippen LogP contribution in [0.1, 0.15) is 175 Å². The molecule has 4 nitrogen and oxygen atoms in total. The van der Waals surface area contributed by atoms with Crippen LogP contribution < -0.4 is 0 Å². The Morgan fingerprint density at radius 1 is 0.500 bits per heavy atom. The molecule has 0 saturated carbocycles. The predicted molar refractivity (Wildman–Crippen MR) is 174 cm³/mol. The molecule has 0 aliphatic heterocycles. The van der Waals surface area contributed by atoms with Gasteiger partial charge >= 0.3 is 11.9 Å². The molecule has 0 aromatic rings. The fourth-order valence-electron chi connectivity index (χ4n) is 4.25. The zero-order valence-electron chi connectivity index (χ0n) is 26.8. The molecule has 0 bridgehead atoms. The molecule has 0 spiro atoms. The van der Waals surface area contributed by atoms with Crippen LogP contribution in [0.15, 0.2) is 36.5 Å². The van der Waals surface area contributed by atoms with Crippen molar-refractivity contribution >= 4 is 11.9 Å². The number of carboxylic acid groups (broad SMARTS) is 1. The zero-order chi connectivity index (χ0) is 29.8. The molecule has 0 amide bonds. The molecule has 0 radical (unpaired) electrons. The van der Waals surface area contributed by atoms with Gasteiger partial charge in [-0.3, -0.25) is 9.59 Å². The second kappa shape index (κ2) is 37.2. The van der Waals surface area contributed by atoms with E-state index in [1.165, 1.54) is 122 Å². The Bertz CT molecular complexity index is 606. The number of hydrogen-bond acceptors (Lipinski definition) is 3. The van der Waals surface area contributed by atoms with Gasteiger partial charge in [0.05, 0.1) is 6.61 Å². The second-order valence-electron chi connectivity index (χ2n) is 10.9. The Balaban J connectivity index is 0. The minimum absolute atomic E-state index is 0.159. The first kappa shape index (κ1) is 40.3. The quantitative estimate of drug-likeness (QED) is 0.0585. The monoisotopic (exact) mass is 562 g/mol. The Hall–Kier alpha value is -1.84. The maximum atomic E-state index is 10.6. The summed E-state index contributed by atoms with van der Waals surface area (Å²) in [5.41, 5.74) is 0. The van der Waals surface area contributed by atoms with E-state index in [0.29, 0.717) is 13.0 Å². The SMILES string of the molecule is CCCC/C=C/CC/C=C\CCCCCCCC(=O)O.CCCCC=CCCCCCCCCCCOC(C)=O. The highest BCUT2D eigenvalue weighted by atomic mass is 16.5. The molecule has 0 aliphatic rings. The van der Waals surface area contributed by atoms with Gasteiger partial charge in [0.25, 0.3) is 0 Å². The van der Waals surface area contributed by atoms with E-state index in [0.717, 1.165) is 32.1 Å². The number of aliphatic carboxylic acids is 1. The summed E-state index contributed by atoms with van der Waals surface area (Å²) in [5, 5.41) is 8.50. The van der Waals surface area contributed by atoms with Crippen LogP contribution >= 0.6 is 0 Å². The Morgan fingerprint density at radius 2 is 0.850 bits per heavy atom. The molecule has 0 aromatic heterocycles. The molecule has 0 rings (SSSR count). The number of hydrogen-bond donors (Lipinski definition) is 1. The third kappa shape index (κ3) is 43.2. The topological polar surface area (TPSA) is 63.6 Å². The summed E-state index contributed by atoms with van der Waals surface area (Å²) in [4.78, 5) is 20.9. The average molecular weight is 563 g/mol. The van der Waals surface area contributed by atoms with Crippen LogP contribution in [0.3, 0.4) is 0 Å². The second-order valence-corrected chi connectivity index (χ2v) is 10.9. The summed E-state index contributed by atoms with van der Waals surface area (Å²) in [6, 6.07) is 0. The Morgan fingerprint density at radius 3 is 1.25 bits per heavy atom. The van der Waals surface area contributed by atoms with E-state index in [2.05, 4.69) is 50.3 Å². The average Bonchev–Trinajstić information content (AvgIpc) is 2.93. The van der Waals surface area contributed by atoms with Crippen molar-refractivity contribution in [2.75, 3.05) is 6.61 Å². The molecule has 40 heavy (non-hydrogen) atoms. The van der Waals surface area contributed by atoms with Gasteiger partial charge in [-0.2, -0.15) is 0 Å². The summed E-state index contributed by atoms with van der Waals surface area (Å²) in [7, 11) is 0. The fourth-order valence-corrected chi connectivity index (χ4v) is 4.25. The number of rotatable bonds is 28. The van der Waals surface area contributed by atoms with Crippen molar-refractivity contribution in [2.24, 2.45) is 0 Å². The molecular formula is C36H66O4. The van der Waals surface area contributed by atoms with Gasteiger partial charge in [0.15, 0.2) is 0 Å². The summed E-state index contributed by atoms with van der Waals surface area (Å²) in [6.45, 7) is 6.53. The number of carboxylic acids is 1. The Kier molecular flexibility index (Phi) is 37.4. The largest absolute Gasteiger partial charge is 0.481 e. The molecule has 4 heteroatoms. The van der Waals surface area contributed by atoms with Gasteiger partial charge in [-0.05, 0) is 64.2 Å². The smallest absolute Gasteiger partial charge is 0.303 e. The molecular weight excluding hydrogens is 496 g/mol. The highest BCUT2D eigenvalue weighted by molar-refractivity contribution is 5.66. The van der Waals surface area contributed by atoms with E-state index >= 15 is 0 Å². The van der Waals surface area contributed by atoms with Crippen molar-refractivity contribution in [3.63, 3.8) is 0 Å². The summed E-state index contributed by atoms with van der Waals surface area (Å²) < 4.78 is 4.90. The van der Waals surface area contributed by atoms with E-state index in [1.807, 2.05) is 0 Å². The highest BCUT2D eigenvalue weighted by Gasteiger charge is 1.96. The van der Waals surface area contributed by atoms with Crippen LogP contribution in [0.25, 0.3) is 0 Å². The van der Waals surface area contributed by atoms with Crippen molar-refractivity contribution in [1.29, 1.82) is 0 Å². The number of carbonyl (C=O) groups excluding carboxylic acids is 1. The molecule has 0 saturated heterocycles. The summed E-state index contributed by atoms with van der Waals surface area (Å²) >= 11 is 0. The van der Waals surface area contributed by atoms with E-state index in [-0.39, 0.29) is 5.97 Å². The van der Waals surface area contributed by atoms with Gasteiger partial charge in [0, 0.05) is 13.3 Å². The van der Waals surface area contributed by atoms with Gasteiger partial charge < -0.3 is 9.84 Å². The fraction of sp³-hybridized carbons (Fsp3) is 0.778. The van der Waals surface area contributed by atoms with Crippen LogP contribution in [0.2, 0.25) is 0 Å². The maximum absolute atomic E-state index is 10.6. The first-order valence-corrected chi connectivity index (χ1v) is 16.8. The predicted octanol–water partition coefficient (Wildman–Crippen LogP) is 11.7. The maximum Gasteiger partial charge on any atom is 0.303 e. The molecule has 234 valence electrons. The van der Waals surface area contributed by atoms with Crippen molar-refractivity contribution in [3.05, 3.63) is 36.5 Å². The van der Waals surface area contributed by atoms with Crippen molar-refractivity contribution < 1.29 is 19.4 Å². The number of unbranched alkanes of at least 4 members (excludes halogenated alkanes) is 18. The molecule has 0 unspecified atom stereocenters. The van der Waals surface area contributed by atoms with Gasteiger partial charge in [-0.25, -0.2) is 0 Å². The summed E-state index contributed by atoms with van der Waals surface area (Å²) in [5.74, 6) is -0.828. The molecule has 0 aliphatic carbocycles. The zero-order valence-corrected chi connectivity index (χ0v) is 26.8. The van der Waals surface area contributed by atoms with Crippen molar-refractivity contribution in [3.8, 4) is 0 Å². The van der Waals surface area contributed by atoms with Gasteiger partial charge in [0.2, 0.25) is 0 Å². The Labute approximate surface area is 249 Å². The minimum atomic E-state index is -0.670. The van der Waals surface area contributed by atoms with Crippen LogP contribution in [0, 0.1) is 0 Å². The van der Waals surface area contributed by atoms with Crippen LogP contribution in [-0.2, 0) is 14.3 Å². The van der Waals surface area contributed by atoms with Crippen LogP contribution in [-0.4, -0.2) is 23.7 Å². The van der Waals surface area contributed by atoms with E-state index in [9.17, 15) is 9.59 Å². The van der Waals surface area contributed by atoms with E-state index in [1.54, 1.807) is 0 Å². The van der Waals surface area contributed by atoms with E-state index < -0.39 is 5.97 Å². The number of ether oxygens (including phenoxy) is 1. The molecule has 0 fully saturated rings. The van der Waals surface area contributed by atoms with Crippen molar-refractivity contribution in [2.45, 2.75) is 175 Å². The molecule has 1 N–H and O–H groups in total. The van der Waals surface area contributed by atoms with E-state index in [4.69, 9.17) is 9.84 Å². The first-order chi connectivity index (χ1) is 19.5. The lowest BCUT2D eigenvalue weighted by atomic mass is 10.1. The molecule has 0 heterocycles. The molecule has 0 aromatic carbocycles. The van der Waals surface area contributed by atoms with Gasteiger partial charge in [-0.15, -0.1) is 0 Å². The molecule has 0 atom stereocenters. The van der Waals surface area contributed by atoms with Crippen molar-refractivity contribution in [1.82, 2.24) is 0 Å². The first-order valence-electron chi connectivity index (χ1n) is 16.8. The standard InChI is InChI=1S/C18H34O2.C18H32O2/c1-3-4-5-6-7-8-9-10-11-12-13-14-15-16-17-20-18(2)19;1-2-3-4-5-6-7-8-9-10-11-12-13-14-15-16-17-18(19)20/h6-7H,3-5,8-17H2,1-2H3;5-6,9-10H,2-4,7-8,11-17H2,1H3,(H,19,20)/b;6-5+,10-9-. The number of allylic oxidation sites excluding steroid dienone is 6. The van der Waals surface area contributed by atoms with Gasteiger partial charge in [-0.1, -0.05) is 134 Å².